The molecule has 0 atom stereocenters. The SMILES string of the molecule is O=Cc1ccccc1N(CCO)Cc1ccccc1. The van der Waals surface area contributed by atoms with Crippen molar-refractivity contribution in [2.45, 2.75) is 6.54 Å². The normalized spacial score (nSPS) is 10.2. The number of hydrogen-bond donors (Lipinski definition) is 1. The second-order valence-electron chi connectivity index (χ2n) is 4.31. The summed E-state index contributed by atoms with van der Waals surface area (Å²) < 4.78 is 0. The predicted molar refractivity (Wildman–Crippen MR) is 76.4 cm³/mol. The van der Waals surface area contributed by atoms with Crippen molar-refractivity contribution in [3.8, 4) is 0 Å². The van der Waals surface area contributed by atoms with E-state index in [0.29, 0.717) is 18.7 Å². The van der Waals surface area contributed by atoms with Crippen LogP contribution in [0.2, 0.25) is 0 Å². The largest absolute Gasteiger partial charge is 0.395 e. The highest BCUT2D eigenvalue weighted by Gasteiger charge is 2.10. The lowest BCUT2D eigenvalue weighted by Gasteiger charge is -2.25. The van der Waals surface area contributed by atoms with Gasteiger partial charge in [-0.1, -0.05) is 42.5 Å². The van der Waals surface area contributed by atoms with Gasteiger partial charge in [-0.05, 0) is 17.7 Å². The number of nitrogens with zero attached hydrogens (tertiary/aromatic N) is 1. The fraction of sp³-hybridized carbons (Fsp3) is 0.188. The summed E-state index contributed by atoms with van der Waals surface area (Å²) in [5.41, 5.74) is 2.65. The van der Waals surface area contributed by atoms with Crippen LogP contribution in [0.1, 0.15) is 15.9 Å². The van der Waals surface area contributed by atoms with Gasteiger partial charge in [0, 0.05) is 24.3 Å². The minimum Gasteiger partial charge on any atom is -0.395 e. The molecule has 0 spiro atoms. The Morgan fingerprint density at radius 2 is 1.68 bits per heavy atom. The summed E-state index contributed by atoms with van der Waals surface area (Å²) in [5, 5.41) is 9.21. The Morgan fingerprint density at radius 1 is 1.00 bits per heavy atom. The molecule has 98 valence electrons. The Balaban J connectivity index is 2.27. The Hall–Kier alpha value is -2.13. The van der Waals surface area contributed by atoms with Crippen LogP contribution in [-0.4, -0.2) is 24.5 Å². The first-order valence-corrected chi connectivity index (χ1v) is 6.29. The molecule has 0 radical (unpaired) electrons. The Labute approximate surface area is 113 Å². The highest BCUT2D eigenvalue weighted by atomic mass is 16.3. The number of hydrogen-bond acceptors (Lipinski definition) is 3. The van der Waals surface area contributed by atoms with Gasteiger partial charge in [-0.15, -0.1) is 0 Å². The minimum atomic E-state index is 0.0556. The fourth-order valence-electron chi connectivity index (χ4n) is 2.08. The van der Waals surface area contributed by atoms with Gasteiger partial charge in [0.15, 0.2) is 6.29 Å². The van der Waals surface area contributed by atoms with Gasteiger partial charge in [-0.3, -0.25) is 4.79 Å². The highest BCUT2D eigenvalue weighted by Crippen LogP contribution is 2.20. The van der Waals surface area contributed by atoms with Gasteiger partial charge in [-0.2, -0.15) is 0 Å². The third kappa shape index (κ3) is 3.42. The average molecular weight is 255 g/mol. The van der Waals surface area contributed by atoms with Crippen molar-refractivity contribution in [2.75, 3.05) is 18.1 Å². The molecular weight excluding hydrogens is 238 g/mol. The van der Waals surface area contributed by atoms with E-state index in [-0.39, 0.29) is 6.61 Å². The second kappa shape index (κ2) is 6.71. The van der Waals surface area contributed by atoms with E-state index in [4.69, 9.17) is 0 Å². The summed E-state index contributed by atoms with van der Waals surface area (Å²) in [7, 11) is 0. The summed E-state index contributed by atoms with van der Waals surface area (Å²) in [6, 6.07) is 17.4. The molecule has 0 aromatic heterocycles. The zero-order valence-electron chi connectivity index (χ0n) is 10.7. The van der Waals surface area contributed by atoms with Crippen LogP contribution in [0.3, 0.4) is 0 Å². The first-order valence-electron chi connectivity index (χ1n) is 6.29. The highest BCUT2D eigenvalue weighted by molar-refractivity contribution is 5.84. The maximum absolute atomic E-state index is 11.1. The minimum absolute atomic E-state index is 0.0556. The Bertz CT molecular complexity index is 525. The molecule has 0 amide bonds. The zero-order valence-corrected chi connectivity index (χ0v) is 10.7. The van der Waals surface area contributed by atoms with Gasteiger partial charge < -0.3 is 10.0 Å². The van der Waals surface area contributed by atoms with E-state index in [1.165, 1.54) is 0 Å². The number of carbonyl (C=O) groups excluding carboxylic acids is 1. The van der Waals surface area contributed by atoms with Crippen LogP contribution in [0.5, 0.6) is 0 Å². The van der Waals surface area contributed by atoms with Crippen LogP contribution in [-0.2, 0) is 6.54 Å². The van der Waals surface area contributed by atoms with Crippen LogP contribution in [0.4, 0.5) is 5.69 Å². The van der Waals surface area contributed by atoms with E-state index in [1.54, 1.807) is 6.07 Å². The Kier molecular flexibility index (Phi) is 4.70. The molecule has 0 saturated carbocycles. The van der Waals surface area contributed by atoms with Gasteiger partial charge in [0.05, 0.1) is 6.61 Å². The molecule has 2 aromatic rings. The van der Waals surface area contributed by atoms with Crippen molar-refractivity contribution in [1.82, 2.24) is 0 Å². The van der Waals surface area contributed by atoms with Crippen molar-refractivity contribution in [1.29, 1.82) is 0 Å². The van der Waals surface area contributed by atoms with E-state index in [2.05, 4.69) is 0 Å². The van der Waals surface area contributed by atoms with Crippen LogP contribution in [0, 0.1) is 0 Å². The zero-order chi connectivity index (χ0) is 13.5. The van der Waals surface area contributed by atoms with Crippen molar-refractivity contribution < 1.29 is 9.90 Å². The monoisotopic (exact) mass is 255 g/mol. The summed E-state index contributed by atoms with van der Waals surface area (Å²) >= 11 is 0. The fourth-order valence-corrected chi connectivity index (χ4v) is 2.08. The molecule has 19 heavy (non-hydrogen) atoms. The number of benzene rings is 2. The number of rotatable bonds is 6. The van der Waals surface area contributed by atoms with E-state index in [1.807, 2.05) is 53.4 Å². The smallest absolute Gasteiger partial charge is 0.152 e. The van der Waals surface area contributed by atoms with E-state index in [0.717, 1.165) is 17.5 Å². The molecule has 0 bridgehead atoms. The van der Waals surface area contributed by atoms with Crippen LogP contribution in [0.25, 0.3) is 0 Å². The molecule has 3 heteroatoms. The number of aldehydes is 1. The molecule has 0 aliphatic rings. The number of aliphatic hydroxyl groups is 1. The summed E-state index contributed by atoms with van der Waals surface area (Å²) in [5.74, 6) is 0. The van der Waals surface area contributed by atoms with Crippen molar-refractivity contribution in [3.05, 3.63) is 65.7 Å². The van der Waals surface area contributed by atoms with E-state index in [9.17, 15) is 9.90 Å². The van der Waals surface area contributed by atoms with Crippen molar-refractivity contribution in [2.24, 2.45) is 0 Å². The second-order valence-corrected chi connectivity index (χ2v) is 4.31. The first-order chi connectivity index (χ1) is 9.35. The van der Waals surface area contributed by atoms with Gasteiger partial charge in [0.25, 0.3) is 0 Å². The van der Waals surface area contributed by atoms with Gasteiger partial charge in [0.1, 0.15) is 0 Å². The van der Waals surface area contributed by atoms with E-state index < -0.39 is 0 Å². The molecule has 2 aromatic carbocycles. The van der Waals surface area contributed by atoms with Crippen molar-refractivity contribution >= 4 is 12.0 Å². The third-order valence-corrected chi connectivity index (χ3v) is 2.99. The molecule has 0 saturated heterocycles. The topological polar surface area (TPSA) is 40.5 Å². The maximum Gasteiger partial charge on any atom is 0.152 e. The summed E-state index contributed by atoms with van der Waals surface area (Å²) in [6.45, 7) is 1.23. The maximum atomic E-state index is 11.1. The van der Waals surface area contributed by atoms with Gasteiger partial charge in [-0.25, -0.2) is 0 Å². The molecule has 0 aliphatic heterocycles. The summed E-state index contributed by atoms with van der Waals surface area (Å²) in [4.78, 5) is 13.1. The van der Waals surface area contributed by atoms with Crippen molar-refractivity contribution in [3.63, 3.8) is 0 Å². The molecule has 3 nitrogen and oxygen atoms in total. The van der Waals surface area contributed by atoms with Crippen LogP contribution < -0.4 is 4.90 Å². The van der Waals surface area contributed by atoms with Crippen LogP contribution in [0.15, 0.2) is 54.6 Å². The van der Waals surface area contributed by atoms with Crippen LogP contribution >= 0.6 is 0 Å². The molecule has 0 heterocycles. The average Bonchev–Trinajstić information content (AvgIpc) is 2.48. The molecule has 2 rings (SSSR count). The van der Waals surface area contributed by atoms with E-state index >= 15 is 0 Å². The Morgan fingerprint density at radius 3 is 2.37 bits per heavy atom. The van der Waals surface area contributed by atoms with Gasteiger partial charge in [0.2, 0.25) is 0 Å². The molecular formula is C16H17NO2. The predicted octanol–water partition coefficient (Wildman–Crippen LogP) is 2.50. The number of aliphatic hydroxyl groups excluding tert-OH is 1. The van der Waals surface area contributed by atoms with Gasteiger partial charge >= 0.3 is 0 Å². The lowest BCUT2D eigenvalue weighted by atomic mass is 10.1. The lowest BCUT2D eigenvalue weighted by Crippen LogP contribution is -2.27. The summed E-state index contributed by atoms with van der Waals surface area (Å²) in [6.07, 6.45) is 0.852. The molecule has 1 N–H and O–H groups in total. The molecule has 0 fully saturated rings. The number of carbonyl (C=O) groups is 1. The molecule has 0 unspecified atom stereocenters. The lowest BCUT2D eigenvalue weighted by molar-refractivity contribution is 0.112. The first kappa shape index (κ1) is 13.3. The quantitative estimate of drug-likeness (QED) is 0.806. The third-order valence-electron chi connectivity index (χ3n) is 2.99. The molecule has 0 aliphatic carbocycles. The number of anilines is 1. The number of para-hydroxylation sites is 1. The standard InChI is InChI=1S/C16H17NO2/c18-11-10-17(12-14-6-2-1-3-7-14)16-9-5-4-8-15(16)13-19/h1-9,13,18H,10-12H2.